The number of morpholine rings is 1. The Morgan fingerprint density at radius 1 is 1.23 bits per heavy atom. The van der Waals surface area contributed by atoms with E-state index in [4.69, 9.17) is 4.74 Å². The SMILES string of the molecule is O=C(CC1CNCCO1)N1CCC(Cc2ccccc2)CC1. The third-order valence-corrected chi connectivity index (χ3v) is 4.74. The predicted molar refractivity (Wildman–Crippen MR) is 86.7 cm³/mol. The number of piperidine rings is 1. The molecule has 0 aromatic heterocycles. The van der Waals surface area contributed by atoms with Crippen LogP contribution >= 0.6 is 0 Å². The van der Waals surface area contributed by atoms with E-state index in [0.717, 1.165) is 52.0 Å². The van der Waals surface area contributed by atoms with Crippen molar-refractivity contribution in [3.8, 4) is 0 Å². The third kappa shape index (κ3) is 4.31. The number of ether oxygens (including phenoxy) is 1. The normalized spacial score (nSPS) is 23.5. The van der Waals surface area contributed by atoms with Gasteiger partial charge in [-0.3, -0.25) is 4.79 Å². The molecule has 1 amide bonds. The average Bonchev–Trinajstić information content (AvgIpc) is 2.57. The molecule has 2 aliphatic rings. The predicted octanol–water partition coefficient (Wildman–Crippen LogP) is 1.85. The first-order chi connectivity index (χ1) is 10.8. The van der Waals surface area contributed by atoms with Gasteiger partial charge in [-0.05, 0) is 30.7 Å². The fourth-order valence-electron chi connectivity index (χ4n) is 3.41. The molecule has 4 heteroatoms. The number of benzene rings is 1. The summed E-state index contributed by atoms with van der Waals surface area (Å²) in [6.07, 6.45) is 3.95. The molecule has 4 nitrogen and oxygen atoms in total. The van der Waals surface area contributed by atoms with E-state index >= 15 is 0 Å². The molecule has 1 aromatic rings. The molecular weight excluding hydrogens is 276 g/mol. The summed E-state index contributed by atoms with van der Waals surface area (Å²) in [5.74, 6) is 0.964. The third-order valence-electron chi connectivity index (χ3n) is 4.74. The van der Waals surface area contributed by atoms with Gasteiger partial charge in [-0.2, -0.15) is 0 Å². The average molecular weight is 302 g/mol. The largest absolute Gasteiger partial charge is 0.375 e. The number of nitrogens with zero attached hydrogens (tertiary/aromatic N) is 1. The van der Waals surface area contributed by atoms with Crippen molar-refractivity contribution in [1.82, 2.24) is 10.2 Å². The van der Waals surface area contributed by atoms with Gasteiger partial charge in [-0.15, -0.1) is 0 Å². The van der Waals surface area contributed by atoms with Crippen LogP contribution in [0.1, 0.15) is 24.8 Å². The second-order valence-electron chi connectivity index (χ2n) is 6.41. The standard InChI is InChI=1S/C18H26N2O2/c21-18(13-17-14-19-8-11-22-17)20-9-6-16(7-10-20)12-15-4-2-1-3-5-15/h1-5,16-17,19H,6-14H2. The quantitative estimate of drug-likeness (QED) is 0.923. The maximum atomic E-state index is 12.3. The van der Waals surface area contributed by atoms with Crippen molar-refractivity contribution in [3.63, 3.8) is 0 Å². The summed E-state index contributed by atoms with van der Waals surface area (Å²) < 4.78 is 5.63. The highest BCUT2D eigenvalue weighted by Crippen LogP contribution is 2.22. The van der Waals surface area contributed by atoms with Crippen molar-refractivity contribution in [3.05, 3.63) is 35.9 Å². The topological polar surface area (TPSA) is 41.6 Å². The maximum absolute atomic E-state index is 12.3. The van der Waals surface area contributed by atoms with Crippen molar-refractivity contribution < 1.29 is 9.53 Å². The van der Waals surface area contributed by atoms with Gasteiger partial charge in [0.25, 0.3) is 0 Å². The molecule has 2 aliphatic heterocycles. The number of nitrogens with one attached hydrogen (secondary N) is 1. The minimum absolute atomic E-state index is 0.0586. The minimum atomic E-state index is 0.0586. The molecule has 120 valence electrons. The number of carbonyl (C=O) groups is 1. The molecule has 1 atom stereocenters. The molecule has 0 radical (unpaired) electrons. The zero-order valence-electron chi connectivity index (χ0n) is 13.2. The van der Waals surface area contributed by atoms with Crippen molar-refractivity contribution in [2.75, 3.05) is 32.8 Å². The van der Waals surface area contributed by atoms with Crippen molar-refractivity contribution >= 4 is 5.91 Å². The molecule has 22 heavy (non-hydrogen) atoms. The summed E-state index contributed by atoms with van der Waals surface area (Å²) in [6.45, 7) is 4.22. The highest BCUT2D eigenvalue weighted by molar-refractivity contribution is 5.76. The molecule has 1 unspecified atom stereocenters. The molecule has 0 aliphatic carbocycles. The lowest BCUT2D eigenvalue weighted by molar-refractivity contribution is -0.136. The van der Waals surface area contributed by atoms with Crippen LogP contribution in [0.4, 0.5) is 0 Å². The first-order valence-electron chi connectivity index (χ1n) is 8.45. The van der Waals surface area contributed by atoms with E-state index < -0.39 is 0 Å². The van der Waals surface area contributed by atoms with Crippen molar-refractivity contribution in [2.24, 2.45) is 5.92 Å². The molecule has 2 heterocycles. The molecule has 3 rings (SSSR count). The lowest BCUT2D eigenvalue weighted by Gasteiger charge is -2.33. The Labute approximate surface area is 132 Å². The fraction of sp³-hybridized carbons (Fsp3) is 0.611. The van der Waals surface area contributed by atoms with Gasteiger partial charge >= 0.3 is 0 Å². The Kier molecular flexibility index (Phi) is 5.46. The molecule has 0 spiro atoms. The zero-order chi connectivity index (χ0) is 15.2. The van der Waals surface area contributed by atoms with Crippen LogP contribution < -0.4 is 5.32 Å². The van der Waals surface area contributed by atoms with Crippen LogP contribution in [0.5, 0.6) is 0 Å². The van der Waals surface area contributed by atoms with Crippen molar-refractivity contribution in [1.29, 1.82) is 0 Å². The Bertz CT molecular complexity index is 463. The van der Waals surface area contributed by atoms with E-state index in [1.54, 1.807) is 0 Å². The monoisotopic (exact) mass is 302 g/mol. The van der Waals surface area contributed by atoms with E-state index in [-0.39, 0.29) is 12.0 Å². The molecule has 2 fully saturated rings. The van der Waals surface area contributed by atoms with Gasteiger partial charge in [-0.25, -0.2) is 0 Å². The molecule has 1 aromatic carbocycles. The Morgan fingerprint density at radius 3 is 2.68 bits per heavy atom. The molecular formula is C18H26N2O2. The zero-order valence-corrected chi connectivity index (χ0v) is 13.2. The minimum Gasteiger partial charge on any atom is -0.375 e. The Morgan fingerprint density at radius 2 is 2.00 bits per heavy atom. The lowest BCUT2D eigenvalue weighted by atomic mass is 9.90. The highest BCUT2D eigenvalue weighted by Gasteiger charge is 2.25. The summed E-state index contributed by atoms with van der Waals surface area (Å²) in [6, 6.07) is 10.7. The van der Waals surface area contributed by atoms with E-state index in [2.05, 4.69) is 35.6 Å². The van der Waals surface area contributed by atoms with Crippen LogP contribution in [0.3, 0.4) is 0 Å². The van der Waals surface area contributed by atoms with Gasteiger partial charge in [0, 0.05) is 26.2 Å². The van der Waals surface area contributed by atoms with E-state index in [0.29, 0.717) is 12.3 Å². The lowest BCUT2D eigenvalue weighted by Crippen LogP contribution is -2.44. The van der Waals surface area contributed by atoms with Crippen molar-refractivity contribution in [2.45, 2.75) is 31.8 Å². The first kappa shape index (κ1) is 15.5. The number of likely N-dealkylation sites (tertiary alicyclic amines) is 1. The van der Waals surface area contributed by atoms with E-state index in [1.807, 2.05) is 4.90 Å². The number of rotatable bonds is 4. The highest BCUT2D eigenvalue weighted by atomic mass is 16.5. The van der Waals surface area contributed by atoms with Crippen LogP contribution in [-0.4, -0.2) is 49.7 Å². The Hall–Kier alpha value is -1.39. The van der Waals surface area contributed by atoms with Gasteiger partial charge in [0.2, 0.25) is 5.91 Å². The number of hydrogen-bond donors (Lipinski definition) is 1. The van der Waals surface area contributed by atoms with Crippen LogP contribution in [0, 0.1) is 5.92 Å². The molecule has 0 bridgehead atoms. The number of carbonyl (C=O) groups excluding carboxylic acids is 1. The smallest absolute Gasteiger partial charge is 0.225 e. The molecule has 2 saturated heterocycles. The van der Waals surface area contributed by atoms with Gasteiger partial charge < -0.3 is 15.0 Å². The summed E-state index contributed by atoms with van der Waals surface area (Å²) in [4.78, 5) is 14.4. The fourth-order valence-corrected chi connectivity index (χ4v) is 3.41. The van der Waals surface area contributed by atoms with Gasteiger partial charge in [0.1, 0.15) is 0 Å². The molecule has 0 saturated carbocycles. The molecule has 1 N–H and O–H groups in total. The first-order valence-corrected chi connectivity index (χ1v) is 8.45. The second-order valence-corrected chi connectivity index (χ2v) is 6.41. The summed E-state index contributed by atoms with van der Waals surface area (Å²) in [5, 5.41) is 3.28. The second kappa shape index (κ2) is 7.75. The van der Waals surface area contributed by atoms with Crippen LogP contribution in [-0.2, 0) is 16.0 Å². The Balaban J connectivity index is 1.42. The van der Waals surface area contributed by atoms with Crippen LogP contribution in [0.15, 0.2) is 30.3 Å². The summed E-state index contributed by atoms with van der Waals surface area (Å²) >= 11 is 0. The van der Waals surface area contributed by atoms with E-state index in [1.165, 1.54) is 5.56 Å². The van der Waals surface area contributed by atoms with Crippen LogP contribution in [0.25, 0.3) is 0 Å². The van der Waals surface area contributed by atoms with Gasteiger partial charge in [0.15, 0.2) is 0 Å². The van der Waals surface area contributed by atoms with E-state index in [9.17, 15) is 4.79 Å². The number of hydrogen-bond acceptors (Lipinski definition) is 3. The summed E-state index contributed by atoms with van der Waals surface area (Å²) in [7, 11) is 0. The number of amides is 1. The van der Waals surface area contributed by atoms with Crippen LogP contribution in [0.2, 0.25) is 0 Å². The van der Waals surface area contributed by atoms with Gasteiger partial charge in [0.05, 0.1) is 19.1 Å². The summed E-state index contributed by atoms with van der Waals surface area (Å²) in [5.41, 5.74) is 1.41. The maximum Gasteiger partial charge on any atom is 0.225 e. The van der Waals surface area contributed by atoms with Gasteiger partial charge in [-0.1, -0.05) is 30.3 Å².